The maximum absolute atomic E-state index is 10.5. The van der Waals surface area contributed by atoms with Crippen LogP contribution in [-0.4, -0.2) is 10.2 Å². The summed E-state index contributed by atoms with van der Waals surface area (Å²) in [5, 5.41) is 26.6. The van der Waals surface area contributed by atoms with Gasteiger partial charge in [-0.15, -0.1) is 0 Å². The van der Waals surface area contributed by atoms with Crippen LogP contribution in [0.4, 0.5) is 5.69 Å². The van der Waals surface area contributed by atoms with Crippen LogP contribution in [0.1, 0.15) is 12.5 Å². The van der Waals surface area contributed by atoms with Gasteiger partial charge < -0.3 is 10.2 Å². The topological polar surface area (TPSA) is 76.7 Å². The number of phenols is 2. The lowest BCUT2D eigenvalue weighted by molar-refractivity contribution is 0.478. The average Bonchev–Trinajstić information content (AvgIpc) is 2.51. The number of fused-ring (bicyclic) bond motifs is 2. The third-order valence-electron chi connectivity index (χ3n) is 3.68. The first-order valence-corrected chi connectivity index (χ1v) is 6.44. The predicted octanol–water partition coefficient (Wildman–Crippen LogP) is 4.63. The van der Waals surface area contributed by atoms with Crippen LogP contribution in [0.2, 0.25) is 0 Å². The third kappa shape index (κ3) is 1.54. The van der Waals surface area contributed by atoms with Crippen LogP contribution in [0.15, 0.2) is 41.5 Å². The standard InChI is InChI=1S/C16H14N2O2/c1-2-9-7-8-12-13(14(9)18-17)16(20)11-6-4-3-5-10(11)15(12)19/h3-8,17,19-20H,2H2,1H3. The van der Waals surface area contributed by atoms with Gasteiger partial charge in [0.1, 0.15) is 11.5 Å². The molecule has 0 radical (unpaired) electrons. The Kier molecular flexibility index (Phi) is 2.79. The molecule has 0 amide bonds. The van der Waals surface area contributed by atoms with Crippen LogP contribution in [-0.2, 0) is 6.42 Å². The number of phenolic OH excluding ortho intramolecular Hbond substituents is 2. The van der Waals surface area contributed by atoms with Crippen LogP contribution in [0.3, 0.4) is 0 Å². The van der Waals surface area contributed by atoms with E-state index in [-0.39, 0.29) is 11.5 Å². The molecule has 100 valence electrons. The van der Waals surface area contributed by atoms with Gasteiger partial charge >= 0.3 is 0 Å². The summed E-state index contributed by atoms with van der Waals surface area (Å²) in [4.78, 5) is 0. The van der Waals surface area contributed by atoms with E-state index < -0.39 is 0 Å². The minimum Gasteiger partial charge on any atom is -0.507 e. The number of aryl methyl sites for hydroxylation is 1. The third-order valence-corrected chi connectivity index (χ3v) is 3.68. The van der Waals surface area contributed by atoms with E-state index >= 15 is 0 Å². The molecular weight excluding hydrogens is 252 g/mol. The monoisotopic (exact) mass is 266 g/mol. The Morgan fingerprint density at radius 3 is 2.20 bits per heavy atom. The van der Waals surface area contributed by atoms with E-state index in [1.807, 2.05) is 19.1 Å². The molecule has 0 bridgehead atoms. The predicted molar refractivity (Wildman–Crippen MR) is 79.0 cm³/mol. The lowest BCUT2D eigenvalue weighted by Crippen LogP contribution is -1.86. The van der Waals surface area contributed by atoms with Crippen molar-refractivity contribution in [2.24, 2.45) is 5.11 Å². The number of nitrogens with zero attached hydrogens (tertiary/aromatic N) is 1. The molecule has 3 aromatic carbocycles. The highest BCUT2D eigenvalue weighted by molar-refractivity contribution is 6.14. The van der Waals surface area contributed by atoms with E-state index in [1.165, 1.54) is 0 Å². The average molecular weight is 266 g/mol. The molecule has 0 unspecified atom stereocenters. The first-order valence-electron chi connectivity index (χ1n) is 6.44. The fourth-order valence-electron chi connectivity index (χ4n) is 2.66. The van der Waals surface area contributed by atoms with Gasteiger partial charge in [0, 0.05) is 16.2 Å². The quantitative estimate of drug-likeness (QED) is 0.359. The van der Waals surface area contributed by atoms with Crippen molar-refractivity contribution in [2.45, 2.75) is 13.3 Å². The number of benzene rings is 3. The van der Waals surface area contributed by atoms with Gasteiger partial charge in [-0.3, -0.25) is 0 Å². The molecule has 0 aliphatic heterocycles. The minimum atomic E-state index is 0.0645. The zero-order valence-corrected chi connectivity index (χ0v) is 11.0. The van der Waals surface area contributed by atoms with Crippen molar-refractivity contribution in [3.63, 3.8) is 0 Å². The zero-order chi connectivity index (χ0) is 14.3. The molecule has 0 atom stereocenters. The largest absolute Gasteiger partial charge is 0.507 e. The second-order valence-electron chi connectivity index (χ2n) is 4.70. The molecule has 0 saturated carbocycles. The van der Waals surface area contributed by atoms with Crippen molar-refractivity contribution in [3.8, 4) is 11.5 Å². The Morgan fingerprint density at radius 2 is 1.60 bits per heavy atom. The summed E-state index contributed by atoms with van der Waals surface area (Å²) < 4.78 is 0. The minimum absolute atomic E-state index is 0.0645. The number of hydrogen-bond donors (Lipinski definition) is 3. The molecule has 3 aromatic rings. The van der Waals surface area contributed by atoms with Crippen molar-refractivity contribution in [1.82, 2.24) is 0 Å². The van der Waals surface area contributed by atoms with E-state index in [0.29, 0.717) is 33.7 Å². The first kappa shape index (κ1) is 12.4. The Hall–Kier alpha value is -2.62. The van der Waals surface area contributed by atoms with Crippen molar-refractivity contribution in [3.05, 3.63) is 42.0 Å². The molecule has 3 N–H and O–H groups in total. The van der Waals surface area contributed by atoms with Crippen LogP contribution in [0, 0.1) is 5.53 Å². The zero-order valence-electron chi connectivity index (χ0n) is 11.0. The van der Waals surface area contributed by atoms with Gasteiger partial charge in [-0.1, -0.05) is 43.3 Å². The van der Waals surface area contributed by atoms with Crippen LogP contribution < -0.4 is 0 Å². The fourth-order valence-corrected chi connectivity index (χ4v) is 2.66. The first-order chi connectivity index (χ1) is 9.69. The van der Waals surface area contributed by atoms with Crippen molar-refractivity contribution >= 4 is 27.2 Å². The molecule has 20 heavy (non-hydrogen) atoms. The summed E-state index contributed by atoms with van der Waals surface area (Å²) in [6.45, 7) is 1.97. The van der Waals surface area contributed by atoms with Gasteiger partial charge in [0.15, 0.2) is 0 Å². The summed E-state index contributed by atoms with van der Waals surface area (Å²) >= 11 is 0. The van der Waals surface area contributed by atoms with Gasteiger partial charge in [-0.2, -0.15) is 5.11 Å². The molecule has 3 rings (SSSR count). The molecule has 0 fully saturated rings. The lowest BCUT2D eigenvalue weighted by atomic mass is 9.96. The Morgan fingerprint density at radius 1 is 0.950 bits per heavy atom. The summed E-state index contributed by atoms with van der Waals surface area (Å²) in [5.41, 5.74) is 8.67. The van der Waals surface area contributed by atoms with E-state index in [1.54, 1.807) is 24.3 Å². The summed E-state index contributed by atoms with van der Waals surface area (Å²) in [5.74, 6) is 0.177. The summed E-state index contributed by atoms with van der Waals surface area (Å²) in [7, 11) is 0. The number of aromatic hydroxyl groups is 2. The Labute approximate surface area is 115 Å². The molecule has 0 saturated heterocycles. The van der Waals surface area contributed by atoms with Crippen LogP contribution in [0.5, 0.6) is 11.5 Å². The second kappa shape index (κ2) is 4.49. The molecule has 4 heteroatoms. The van der Waals surface area contributed by atoms with Gasteiger partial charge in [0.2, 0.25) is 0 Å². The highest BCUT2D eigenvalue weighted by Crippen LogP contribution is 2.46. The highest BCUT2D eigenvalue weighted by atomic mass is 16.3. The van der Waals surface area contributed by atoms with E-state index in [2.05, 4.69) is 5.11 Å². The maximum atomic E-state index is 10.5. The molecular formula is C16H14N2O2. The molecule has 0 spiro atoms. The van der Waals surface area contributed by atoms with E-state index in [4.69, 9.17) is 5.53 Å². The van der Waals surface area contributed by atoms with E-state index in [9.17, 15) is 10.2 Å². The maximum Gasteiger partial charge on any atom is 0.133 e. The fraction of sp³-hybridized carbons (Fsp3) is 0.125. The Balaban J connectivity index is 2.62. The normalized spacial score (nSPS) is 11.1. The van der Waals surface area contributed by atoms with Gasteiger partial charge in [-0.05, 0) is 12.0 Å². The van der Waals surface area contributed by atoms with Crippen LogP contribution in [0.25, 0.3) is 21.5 Å². The smallest absolute Gasteiger partial charge is 0.133 e. The summed E-state index contributed by atoms with van der Waals surface area (Å²) in [6.07, 6.45) is 0.709. The number of nitrogens with one attached hydrogen (secondary N) is 1. The number of hydrogen-bond acceptors (Lipinski definition) is 4. The Bertz CT molecular complexity index is 841. The van der Waals surface area contributed by atoms with Crippen molar-refractivity contribution in [1.29, 1.82) is 5.53 Å². The molecule has 0 aromatic heterocycles. The van der Waals surface area contributed by atoms with Crippen molar-refractivity contribution < 1.29 is 10.2 Å². The van der Waals surface area contributed by atoms with Gasteiger partial charge in [0.05, 0.1) is 11.1 Å². The van der Waals surface area contributed by atoms with Crippen molar-refractivity contribution in [2.75, 3.05) is 0 Å². The highest BCUT2D eigenvalue weighted by Gasteiger charge is 2.17. The number of rotatable bonds is 2. The SMILES string of the molecule is CCc1ccc2c(O)c3ccccc3c(O)c2c1N=N. The molecule has 0 aliphatic rings. The molecule has 0 heterocycles. The summed E-state index contributed by atoms with van der Waals surface area (Å²) in [6, 6.07) is 10.7. The lowest BCUT2D eigenvalue weighted by Gasteiger charge is -2.13. The van der Waals surface area contributed by atoms with Crippen LogP contribution >= 0.6 is 0 Å². The van der Waals surface area contributed by atoms with Gasteiger partial charge in [-0.25, -0.2) is 5.53 Å². The van der Waals surface area contributed by atoms with Gasteiger partial charge in [0.25, 0.3) is 0 Å². The molecule has 4 nitrogen and oxygen atoms in total. The van der Waals surface area contributed by atoms with E-state index in [0.717, 1.165) is 5.56 Å². The molecule has 0 aliphatic carbocycles. The second-order valence-corrected chi connectivity index (χ2v) is 4.70.